The van der Waals surface area contributed by atoms with E-state index in [0.29, 0.717) is 34.9 Å². The Morgan fingerprint density at radius 1 is 1.45 bits per heavy atom. The average molecular weight is 498 g/mol. The van der Waals surface area contributed by atoms with Gasteiger partial charge in [-0.3, -0.25) is 14.5 Å². The summed E-state index contributed by atoms with van der Waals surface area (Å²) in [6, 6.07) is -1.34. The standard InChI is InChI=1S/C19H24N6O6S2/c1-25(3-5-31-6-4-25)7-12-15(18(28)29)24-11(9-32-12)14(17(24)27)22-16(26)13(23-30-2)10-8-33-19(20)21-10/h8,11,14H,3-7,9H2,1-2H3,(H3-,20,21,22,26,28,29)/p+1. The summed E-state index contributed by atoms with van der Waals surface area (Å²) in [5, 5.41) is 18.1. The van der Waals surface area contributed by atoms with Crippen LogP contribution >= 0.6 is 23.1 Å². The number of carbonyl (C=O) groups excluding carboxylic acids is 2. The first-order valence-corrected chi connectivity index (χ1v) is 12.1. The second kappa shape index (κ2) is 9.29. The fraction of sp³-hybridized carbons (Fsp3) is 0.526. The molecule has 1 aromatic rings. The average Bonchev–Trinajstić information content (AvgIpc) is 3.21. The fourth-order valence-electron chi connectivity index (χ4n) is 4.07. The summed E-state index contributed by atoms with van der Waals surface area (Å²) >= 11 is 2.56. The van der Waals surface area contributed by atoms with Crippen LogP contribution in [0.2, 0.25) is 0 Å². The SMILES string of the molecule is CON=C(C(=O)NC1C(=O)N2C(C(=O)O)=C(C[N+]3(C)CCOCC3)SCC12)c1csc(N)n1. The number of carbonyl (C=O) groups is 3. The van der Waals surface area contributed by atoms with Crippen LogP contribution in [0.1, 0.15) is 5.69 Å². The number of rotatable bonds is 7. The maximum Gasteiger partial charge on any atom is 0.353 e. The number of hydrogen-bond donors (Lipinski definition) is 3. The number of carboxylic acid groups (broad SMARTS) is 1. The minimum atomic E-state index is -1.15. The molecule has 3 aliphatic heterocycles. The summed E-state index contributed by atoms with van der Waals surface area (Å²) in [7, 11) is 3.35. The Labute approximate surface area is 198 Å². The number of nitrogen functional groups attached to an aromatic ring is 1. The summed E-state index contributed by atoms with van der Waals surface area (Å²) < 4.78 is 6.08. The van der Waals surface area contributed by atoms with Gasteiger partial charge in [0.15, 0.2) is 10.8 Å². The molecule has 2 fully saturated rings. The van der Waals surface area contributed by atoms with Crippen LogP contribution in [0.15, 0.2) is 21.1 Å². The normalized spacial score (nSPS) is 24.7. The number of aromatic nitrogens is 1. The molecule has 2 atom stereocenters. The first-order valence-electron chi connectivity index (χ1n) is 10.2. The molecule has 0 spiro atoms. The van der Waals surface area contributed by atoms with E-state index in [-0.39, 0.29) is 22.2 Å². The summed E-state index contributed by atoms with van der Waals surface area (Å²) in [5.41, 5.74) is 5.76. The Morgan fingerprint density at radius 2 is 2.18 bits per heavy atom. The van der Waals surface area contributed by atoms with Crippen LogP contribution in [-0.2, 0) is 24.0 Å². The number of nitrogens with two attached hydrogens (primary N) is 1. The van der Waals surface area contributed by atoms with Crippen molar-refractivity contribution in [3.63, 3.8) is 0 Å². The van der Waals surface area contributed by atoms with Gasteiger partial charge in [0.05, 0.1) is 31.2 Å². The van der Waals surface area contributed by atoms with Crippen LogP contribution in [0.25, 0.3) is 0 Å². The summed E-state index contributed by atoms with van der Waals surface area (Å²) in [5.74, 6) is -1.80. The molecule has 2 amide bonds. The number of thioether (sulfide) groups is 1. The zero-order chi connectivity index (χ0) is 23.8. The molecule has 0 aliphatic carbocycles. The van der Waals surface area contributed by atoms with Crippen LogP contribution in [0.4, 0.5) is 5.13 Å². The number of morpholine rings is 1. The van der Waals surface area contributed by atoms with Gasteiger partial charge in [0.25, 0.3) is 11.8 Å². The van der Waals surface area contributed by atoms with Crippen molar-refractivity contribution in [3.8, 4) is 0 Å². The van der Waals surface area contributed by atoms with E-state index in [9.17, 15) is 19.5 Å². The van der Waals surface area contributed by atoms with Crippen LogP contribution in [0.5, 0.6) is 0 Å². The van der Waals surface area contributed by atoms with Gasteiger partial charge < -0.3 is 30.2 Å². The molecule has 4 rings (SSSR count). The van der Waals surface area contributed by atoms with Crippen LogP contribution in [0.3, 0.4) is 0 Å². The molecule has 33 heavy (non-hydrogen) atoms. The van der Waals surface area contributed by atoms with Gasteiger partial charge in [-0.1, -0.05) is 5.16 Å². The second-order valence-electron chi connectivity index (χ2n) is 8.15. The van der Waals surface area contributed by atoms with E-state index in [1.54, 1.807) is 5.38 Å². The van der Waals surface area contributed by atoms with Gasteiger partial charge in [0.2, 0.25) is 0 Å². The lowest BCUT2D eigenvalue weighted by molar-refractivity contribution is -0.911. The van der Waals surface area contributed by atoms with Gasteiger partial charge in [0.1, 0.15) is 44.2 Å². The molecule has 0 radical (unpaired) electrons. The molecule has 3 aliphatic rings. The monoisotopic (exact) mass is 497 g/mol. The maximum absolute atomic E-state index is 13.0. The lowest BCUT2D eigenvalue weighted by Crippen LogP contribution is -2.73. The quantitative estimate of drug-likeness (QED) is 0.192. The molecular weight excluding hydrogens is 472 g/mol. The summed E-state index contributed by atoms with van der Waals surface area (Å²) in [4.78, 5) is 48.7. The molecule has 14 heteroatoms. The van der Waals surface area contributed by atoms with Crippen molar-refractivity contribution in [2.75, 3.05) is 58.5 Å². The van der Waals surface area contributed by atoms with Crippen molar-refractivity contribution in [1.29, 1.82) is 0 Å². The van der Waals surface area contributed by atoms with Gasteiger partial charge >= 0.3 is 5.97 Å². The molecule has 1 aromatic heterocycles. The Kier molecular flexibility index (Phi) is 6.61. The van der Waals surface area contributed by atoms with E-state index >= 15 is 0 Å². The molecule has 12 nitrogen and oxygen atoms in total. The van der Waals surface area contributed by atoms with E-state index in [1.165, 1.54) is 23.8 Å². The Morgan fingerprint density at radius 3 is 2.79 bits per heavy atom. The lowest BCUT2D eigenvalue weighted by Gasteiger charge is -2.50. The number of ether oxygens (including phenoxy) is 1. The molecule has 4 N–H and O–H groups in total. The second-order valence-corrected chi connectivity index (χ2v) is 10.1. The zero-order valence-electron chi connectivity index (χ0n) is 18.1. The molecule has 2 saturated heterocycles. The number of quaternary nitrogens is 1. The number of thiazole rings is 1. The smallest absolute Gasteiger partial charge is 0.353 e. The Hall–Kier alpha value is -2.68. The third-order valence-electron chi connectivity index (χ3n) is 5.88. The molecule has 4 heterocycles. The van der Waals surface area contributed by atoms with Crippen molar-refractivity contribution in [2.45, 2.75) is 12.1 Å². The number of nitrogens with zero attached hydrogens (tertiary/aromatic N) is 4. The maximum atomic E-state index is 13.0. The number of carboxylic acids is 1. The van der Waals surface area contributed by atoms with Gasteiger partial charge in [-0.25, -0.2) is 9.78 Å². The van der Waals surface area contributed by atoms with Crippen molar-refractivity contribution >= 4 is 51.7 Å². The predicted octanol–water partition coefficient (Wildman–Crippen LogP) is -0.709. The molecule has 0 aromatic carbocycles. The van der Waals surface area contributed by atoms with E-state index in [4.69, 9.17) is 15.3 Å². The molecule has 0 saturated carbocycles. The largest absolute Gasteiger partial charge is 0.477 e. The van der Waals surface area contributed by atoms with E-state index in [0.717, 1.165) is 24.4 Å². The van der Waals surface area contributed by atoms with E-state index < -0.39 is 29.9 Å². The highest BCUT2D eigenvalue weighted by molar-refractivity contribution is 8.03. The lowest BCUT2D eigenvalue weighted by atomic mass is 9.94. The number of amides is 2. The van der Waals surface area contributed by atoms with Crippen molar-refractivity contribution in [2.24, 2.45) is 5.16 Å². The van der Waals surface area contributed by atoms with Crippen LogP contribution in [-0.4, -0.2) is 108 Å². The first kappa shape index (κ1) is 23.5. The van der Waals surface area contributed by atoms with Gasteiger partial charge in [-0.15, -0.1) is 23.1 Å². The van der Waals surface area contributed by atoms with Gasteiger partial charge in [0, 0.05) is 11.1 Å². The molecule has 0 bridgehead atoms. The zero-order valence-corrected chi connectivity index (χ0v) is 19.8. The van der Waals surface area contributed by atoms with Crippen LogP contribution in [0, 0.1) is 0 Å². The Balaban J connectivity index is 1.51. The highest BCUT2D eigenvalue weighted by atomic mass is 32.2. The summed E-state index contributed by atoms with van der Waals surface area (Å²) in [6.45, 7) is 3.29. The third-order valence-corrected chi connectivity index (χ3v) is 7.73. The van der Waals surface area contributed by atoms with Crippen molar-refractivity contribution in [1.82, 2.24) is 15.2 Å². The molecule has 2 unspecified atom stereocenters. The number of nitrogens with one attached hydrogen (secondary N) is 1. The summed E-state index contributed by atoms with van der Waals surface area (Å²) in [6.07, 6.45) is 0. The van der Waals surface area contributed by atoms with E-state index in [1.807, 2.05) is 0 Å². The number of hydrogen-bond acceptors (Lipinski definition) is 10. The number of likely N-dealkylation sites (N-methyl/N-ethyl adjacent to an activating group) is 1. The van der Waals surface area contributed by atoms with Crippen LogP contribution < -0.4 is 11.1 Å². The van der Waals surface area contributed by atoms with Gasteiger partial charge in [-0.05, 0) is 0 Å². The third kappa shape index (κ3) is 4.55. The topological polar surface area (TPSA) is 156 Å². The number of oxime groups is 1. The highest BCUT2D eigenvalue weighted by Gasteiger charge is 2.54. The number of anilines is 1. The number of fused-ring (bicyclic) bond motifs is 1. The van der Waals surface area contributed by atoms with Gasteiger partial charge in [-0.2, -0.15) is 0 Å². The minimum absolute atomic E-state index is 0.00403. The van der Waals surface area contributed by atoms with Crippen molar-refractivity contribution < 1.29 is 33.5 Å². The Bertz CT molecular complexity index is 1030. The molecule has 178 valence electrons. The van der Waals surface area contributed by atoms with Crippen molar-refractivity contribution in [3.05, 3.63) is 21.7 Å². The molecular formula is C19H25N6O6S2+. The minimum Gasteiger partial charge on any atom is -0.477 e. The number of aliphatic carboxylic acids is 1. The highest BCUT2D eigenvalue weighted by Crippen LogP contribution is 2.40. The number of β-lactam (4-membered cyclic amide) rings is 1. The van der Waals surface area contributed by atoms with E-state index in [2.05, 4.69) is 22.5 Å². The fourth-order valence-corrected chi connectivity index (χ4v) is 6.06. The first-order chi connectivity index (χ1) is 15.7. The predicted molar refractivity (Wildman–Crippen MR) is 121 cm³/mol.